The Morgan fingerprint density at radius 1 is 1.19 bits per heavy atom. The first-order valence-corrected chi connectivity index (χ1v) is 6.09. The molecule has 0 N–H and O–H groups in total. The van der Waals surface area contributed by atoms with E-state index < -0.39 is 11.7 Å². The number of rotatable bonds is 3. The first kappa shape index (κ1) is 13.6. The lowest BCUT2D eigenvalue weighted by atomic mass is 9.93. The van der Waals surface area contributed by atoms with Crippen molar-refractivity contribution in [1.82, 2.24) is 0 Å². The quantitative estimate of drug-likeness (QED) is 0.690. The third-order valence-corrected chi connectivity index (χ3v) is 3.30. The van der Waals surface area contributed by atoms with E-state index in [0.29, 0.717) is 0 Å². The smallest absolute Gasteiger partial charge is 0.166 e. The molecule has 1 aromatic rings. The van der Waals surface area contributed by atoms with Crippen molar-refractivity contribution < 1.29 is 13.2 Å². The van der Waals surface area contributed by atoms with Crippen molar-refractivity contribution in [2.45, 2.75) is 37.2 Å². The summed E-state index contributed by atoms with van der Waals surface area (Å²) < 4.78 is 37.1. The third kappa shape index (κ3) is 3.24. The lowest BCUT2D eigenvalue weighted by Gasteiger charge is -2.18. The van der Waals surface area contributed by atoms with Crippen molar-refractivity contribution in [1.29, 1.82) is 0 Å². The molecule has 90 valence electrons. The second kappa shape index (κ2) is 5.21. The van der Waals surface area contributed by atoms with Crippen molar-refractivity contribution in [2.75, 3.05) is 0 Å². The first-order chi connectivity index (χ1) is 7.36. The van der Waals surface area contributed by atoms with Crippen molar-refractivity contribution in [3.63, 3.8) is 0 Å². The summed E-state index contributed by atoms with van der Waals surface area (Å²) in [6, 6.07) is 5.42. The summed E-state index contributed by atoms with van der Waals surface area (Å²) in [7, 11) is 0. The number of benzene rings is 1. The highest BCUT2D eigenvalue weighted by atomic mass is 79.9. The fourth-order valence-corrected chi connectivity index (χ4v) is 2.42. The summed E-state index contributed by atoms with van der Waals surface area (Å²) >= 11 is 3.47. The Kier molecular flexibility index (Phi) is 4.42. The molecule has 0 spiro atoms. The molecular formula is C12H14BrF3. The van der Waals surface area contributed by atoms with Crippen LogP contribution in [0.4, 0.5) is 13.2 Å². The van der Waals surface area contributed by atoms with E-state index in [2.05, 4.69) is 15.9 Å². The van der Waals surface area contributed by atoms with Gasteiger partial charge in [0, 0.05) is 4.83 Å². The van der Waals surface area contributed by atoms with Gasteiger partial charge in [-0.25, -0.2) is 0 Å². The minimum Gasteiger partial charge on any atom is -0.166 e. The van der Waals surface area contributed by atoms with Gasteiger partial charge >= 0.3 is 6.18 Å². The standard InChI is InChI=1S/C12H14BrF3/c1-3-11(8(2)13)9-4-6-10(7-5-9)12(14,15)16/h4-8,11H,3H2,1-2H3. The van der Waals surface area contributed by atoms with Crippen molar-refractivity contribution in [3.8, 4) is 0 Å². The van der Waals surface area contributed by atoms with Crippen LogP contribution in [0.3, 0.4) is 0 Å². The van der Waals surface area contributed by atoms with Gasteiger partial charge in [-0.2, -0.15) is 13.2 Å². The van der Waals surface area contributed by atoms with E-state index >= 15 is 0 Å². The molecule has 0 heterocycles. The van der Waals surface area contributed by atoms with Crippen LogP contribution in [0.5, 0.6) is 0 Å². The predicted octanol–water partition coefficient (Wildman–Crippen LogP) is 4.98. The zero-order valence-corrected chi connectivity index (χ0v) is 10.8. The molecule has 0 aliphatic rings. The highest BCUT2D eigenvalue weighted by Crippen LogP contribution is 2.32. The third-order valence-electron chi connectivity index (χ3n) is 2.66. The maximum atomic E-state index is 12.4. The molecule has 0 radical (unpaired) electrons. The molecule has 4 heteroatoms. The summed E-state index contributed by atoms with van der Waals surface area (Å²) in [5.74, 6) is 0.252. The molecule has 0 nitrogen and oxygen atoms in total. The van der Waals surface area contributed by atoms with Gasteiger partial charge in [-0.15, -0.1) is 0 Å². The van der Waals surface area contributed by atoms with Crippen LogP contribution >= 0.6 is 15.9 Å². The highest BCUT2D eigenvalue weighted by molar-refractivity contribution is 9.09. The van der Waals surface area contributed by atoms with Crippen LogP contribution in [0, 0.1) is 0 Å². The minimum atomic E-state index is -4.25. The fraction of sp³-hybridized carbons (Fsp3) is 0.500. The van der Waals surface area contributed by atoms with Gasteiger partial charge in [0.2, 0.25) is 0 Å². The van der Waals surface area contributed by atoms with Crippen LogP contribution in [0.1, 0.15) is 37.3 Å². The summed E-state index contributed by atoms with van der Waals surface area (Å²) in [6.45, 7) is 4.03. The van der Waals surface area contributed by atoms with Crippen molar-refractivity contribution in [3.05, 3.63) is 35.4 Å². The molecule has 1 rings (SSSR count). The Hall–Kier alpha value is -0.510. The van der Waals surface area contributed by atoms with Crippen LogP contribution in [0.2, 0.25) is 0 Å². The summed E-state index contributed by atoms with van der Waals surface area (Å²) in [5.41, 5.74) is 0.355. The van der Waals surface area contributed by atoms with Crippen LogP contribution in [0.15, 0.2) is 24.3 Å². The molecule has 0 bridgehead atoms. The van der Waals surface area contributed by atoms with Crippen LogP contribution in [-0.2, 0) is 6.18 Å². The maximum absolute atomic E-state index is 12.4. The average Bonchev–Trinajstić information content (AvgIpc) is 2.17. The highest BCUT2D eigenvalue weighted by Gasteiger charge is 2.30. The van der Waals surface area contributed by atoms with Crippen LogP contribution < -0.4 is 0 Å². The molecular weight excluding hydrogens is 281 g/mol. The second-order valence-corrected chi connectivity index (χ2v) is 5.26. The van der Waals surface area contributed by atoms with E-state index in [-0.39, 0.29) is 10.7 Å². The van der Waals surface area contributed by atoms with Crippen LogP contribution in [-0.4, -0.2) is 4.83 Å². The Labute approximate surface area is 102 Å². The van der Waals surface area contributed by atoms with Gasteiger partial charge in [0.05, 0.1) is 5.56 Å². The molecule has 0 amide bonds. The molecule has 0 saturated carbocycles. The van der Waals surface area contributed by atoms with Crippen LogP contribution in [0.25, 0.3) is 0 Å². The zero-order valence-electron chi connectivity index (χ0n) is 9.18. The molecule has 0 fully saturated rings. The zero-order chi connectivity index (χ0) is 12.3. The van der Waals surface area contributed by atoms with Crippen molar-refractivity contribution in [2.24, 2.45) is 0 Å². The molecule has 0 aliphatic heterocycles. The maximum Gasteiger partial charge on any atom is 0.416 e. The number of hydrogen-bond donors (Lipinski definition) is 0. The Balaban J connectivity index is 2.94. The van der Waals surface area contributed by atoms with Crippen molar-refractivity contribution >= 4 is 15.9 Å². The number of hydrogen-bond acceptors (Lipinski definition) is 0. The number of halogens is 4. The van der Waals surface area contributed by atoms with Gasteiger partial charge in [-0.3, -0.25) is 0 Å². The molecule has 1 aromatic carbocycles. The largest absolute Gasteiger partial charge is 0.416 e. The van der Waals surface area contributed by atoms with E-state index in [4.69, 9.17) is 0 Å². The second-order valence-electron chi connectivity index (χ2n) is 3.81. The van der Waals surface area contributed by atoms with E-state index in [9.17, 15) is 13.2 Å². The van der Waals surface area contributed by atoms with Gasteiger partial charge in [-0.05, 0) is 30.0 Å². The van der Waals surface area contributed by atoms with E-state index in [1.54, 1.807) is 12.1 Å². The Morgan fingerprint density at radius 2 is 1.69 bits per heavy atom. The Bertz CT molecular complexity index is 327. The van der Waals surface area contributed by atoms with E-state index in [0.717, 1.165) is 24.1 Å². The SMILES string of the molecule is CCC(c1ccc(C(F)(F)F)cc1)C(C)Br. The van der Waals surface area contributed by atoms with Gasteiger partial charge in [0.25, 0.3) is 0 Å². The minimum absolute atomic E-state index is 0.252. The van der Waals surface area contributed by atoms with Gasteiger partial charge in [-0.1, -0.05) is 41.9 Å². The normalized spacial score (nSPS) is 15.9. The summed E-state index contributed by atoms with van der Waals surface area (Å²) in [6.07, 6.45) is -3.35. The Morgan fingerprint density at radius 3 is 2.00 bits per heavy atom. The lowest BCUT2D eigenvalue weighted by molar-refractivity contribution is -0.137. The first-order valence-electron chi connectivity index (χ1n) is 5.17. The molecule has 2 unspecified atom stereocenters. The molecule has 0 aromatic heterocycles. The fourth-order valence-electron chi connectivity index (χ4n) is 1.74. The van der Waals surface area contributed by atoms with E-state index in [1.807, 2.05) is 13.8 Å². The van der Waals surface area contributed by atoms with E-state index in [1.165, 1.54) is 0 Å². The molecule has 0 saturated heterocycles. The summed E-state index contributed by atoms with van der Waals surface area (Å²) in [4.78, 5) is 0.259. The topological polar surface area (TPSA) is 0 Å². The van der Waals surface area contributed by atoms with Gasteiger partial charge in [0.1, 0.15) is 0 Å². The molecule has 16 heavy (non-hydrogen) atoms. The monoisotopic (exact) mass is 294 g/mol. The predicted molar refractivity (Wildman–Crippen MR) is 62.9 cm³/mol. The lowest BCUT2D eigenvalue weighted by Crippen LogP contribution is -2.09. The number of alkyl halides is 4. The summed E-state index contributed by atoms with van der Waals surface area (Å²) in [5, 5.41) is 0. The van der Waals surface area contributed by atoms with Gasteiger partial charge < -0.3 is 0 Å². The average molecular weight is 295 g/mol. The molecule has 0 aliphatic carbocycles. The molecule has 2 atom stereocenters. The van der Waals surface area contributed by atoms with Gasteiger partial charge in [0.15, 0.2) is 0 Å².